The number of hydrogen-bond acceptors (Lipinski definition) is 14. The van der Waals surface area contributed by atoms with Gasteiger partial charge in [0.2, 0.25) is 0 Å². The fourth-order valence-electron chi connectivity index (χ4n) is 7.38. The van der Waals surface area contributed by atoms with E-state index < -0.39 is 83.2 Å². The Hall–Kier alpha value is -4.60. The summed E-state index contributed by atoms with van der Waals surface area (Å²) in [7, 11) is 0. The molecule has 0 amide bonds. The monoisotopic (exact) mass is 724 g/mol. The zero-order valence-corrected chi connectivity index (χ0v) is 29.0. The summed E-state index contributed by atoms with van der Waals surface area (Å²) in [4.78, 5) is 52.8. The third-order valence-corrected chi connectivity index (χ3v) is 9.52. The van der Waals surface area contributed by atoms with Crippen molar-refractivity contribution in [2.75, 3.05) is 0 Å². The molecule has 4 aliphatic rings. The molecule has 4 saturated heterocycles. The lowest BCUT2D eigenvalue weighted by molar-refractivity contribution is -0.199. The second-order valence-electron chi connectivity index (χ2n) is 14.4. The quantitative estimate of drug-likeness (QED) is 0.184. The number of aromatic nitrogens is 10. The molecule has 8 rings (SSSR count). The number of aryl methyl sites for hydroxylation is 2. The maximum Gasteiger partial charge on any atom is 0.330 e. The Kier molecular flexibility index (Phi) is 8.70. The van der Waals surface area contributed by atoms with Crippen molar-refractivity contribution in [3.63, 3.8) is 0 Å². The summed E-state index contributed by atoms with van der Waals surface area (Å²) < 4.78 is 43.0. The fourth-order valence-corrected chi connectivity index (χ4v) is 7.38. The van der Waals surface area contributed by atoms with Crippen LogP contribution in [0.3, 0.4) is 0 Å². The number of aromatic amines is 2. The topological polar surface area (TPSA) is 227 Å². The molecule has 0 radical (unpaired) electrons. The van der Waals surface area contributed by atoms with Crippen LogP contribution in [0.25, 0.3) is 0 Å². The van der Waals surface area contributed by atoms with Crippen molar-refractivity contribution in [2.24, 2.45) is 0 Å². The molecule has 278 valence electrons. The van der Waals surface area contributed by atoms with Gasteiger partial charge in [-0.1, -0.05) is 10.4 Å². The van der Waals surface area contributed by atoms with Crippen LogP contribution in [0.1, 0.15) is 64.4 Å². The molecule has 0 aromatic carbocycles. The number of nitrogens with one attached hydrogen (secondary N) is 2. The minimum absolute atomic E-state index is 0.328. The van der Waals surface area contributed by atoms with E-state index in [1.54, 1.807) is 37.1 Å². The Morgan fingerprint density at radius 1 is 0.635 bits per heavy atom. The number of rotatable bonds is 11. The van der Waals surface area contributed by atoms with Crippen molar-refractivity contribution in [1.82, 2.24) is 49.1 Å². The number of ether oxygens (including phenoxy) is 6. The first-order valence-corrected chi connectivity index (χ1v) is 17.2. The Morgan fingerprint density at radius 2 is 1.04 bits per heavy atom. The molecular formula is C32H40N10O10. The van der Waals surface area contributed by atoms with Gasteiger partial charge in [-0.15, -0.1) is 10.2 Å². The highest BCUT2D eigenvalue weighted by Crippen LogP contribution is 2.44. The number of hydrogen-bond donors (Lipinski definition) is 2. The van der Waals surface area contributed by atoms with E-state index >= 15 is 0 Å². The molecule has 0 bridgehead atoms. The molecule has 4 aliphatic heterocycles. The minimum Gasteiger partial charge on any atom is -0.347 e. The normalized spacial score (nSPS) is 30.2. The highest BCUT2D eigenvalue weighted by molar-refractivity contribution is 5.02. The van der Waals surface area contributed by atoms with Gasteiger partial charge in [0.25, 0.3) is 11.1 Å². The van der Waals surface area contributed by atoms with Crippen molar-refractivity contribution in [3.05, 3.63) is 90.0 Å². The van der Waals surface area contributed by atoms with Gasteiger partial charge < -0.3 is 28.4 Å². The van der Waals surface area contributed by atoms with E-state index in [1.165, 1.54) is 33.7 Å². The summed E-state index contributed by atoms with van der Waals surface area (Å²) in [6.07, 6.45) is 5.02. The number of fused-ring (bicyclic) bond motifs is 2. The van der Waals surface area contributed by atoms with Crippen molar-refractivity contribution >= 4 is 0 Å². The molecule has 0 spiro atoms. The predicted octanol–water partition coefficient (Wildman–Crippen LogP) is -0.630. The van der Waals surface area contributed by atoms with Gasteiger partial charge in [-0.25, -0.2) is 19.0 Å². The highest BCUT2D eigenvalue weighted by atomic mass is 16.8. The van der Waals surface area contributed by atoms with Crippen LogP contribution in [-0.2, 0) is 54.4 Å². The summed E-state index contributed by atoms with van der Waals surface area (Å²) >= 11 is 0. The van der Waals surface area contributed by atoms with Crippen LogP contribution >= 0.6 is 0 Å². The van der Waals surface area contributed by atoms with E-state index in [9.17, 15) is 19.2 Å². The van der Waals surface area contributed by atoms with Crippen LogP contribution in [0.15, 0.2) is 56.1 Å². The Balaban J connectivity index is 0.841. The van der Waals surface area contributed by atoms with Crippen molar-refractivity contribution in [2.45, 2.75) is 127 Å². The van der Waals surface area contributed by atoms with Gasteiger partial charge in [0, 0.05) is 36.9 Å². The average Bonchev–Trinajstić information content (AvgIpc) is 3.91. The zero-order valence-electron chi connectivity index (χ0n) is 29.0. The molecule has 0 saturated carbocycles. The Morgan fingerprint density at radius 3 is 1.44 bits per heavy atom. The van der Waals surface area contributed by atoms with Crippen LogP contribution < -0.4 is 22.5 Å². The van der Waals surface area contributed by atoms with E-state index in [1.807, 2.05) is 12.4 Å². The molecular weight excluding hydrogens is 684 g/mol. The number of H-pyrrole nitrogens is 2. The minimum atomic E-state index is -0.874. The van der Waals surface area contributed by atoms with Crippen molar-refractivity contribution in [3.8, 4) is 0 Å². The van der Waals surface area contributed by atoms with Crippen LogP contribution in [0.2, 0.25) is 0 Å². The van der Waals surface area contributed by atoms with Crippen LogP contribution in [-0.4, -0.2) is 97.3 Å². The third-order valence-electron chi connectivity index (χ3n) is 9.52. The van der Waals surface area contributed by atoms with E-state index in [4.69, 9.17) is 28.4 Å². The summed E-state index contributed by atoms with van der Waals surface area (Å²) in [5, 5.41) is 17.3. The van der Waals surface area contributed by atoms with Crippen LogP contribution in [0.5, 0.6) is 0 Å². The van der Waals surface area contributed by atoms with Crippen molar-refractivity contribution < 1.29 is 28.4 Å². The summed E-state index contributed by atoms with van der Waals surface area (Å²) in [6, 6.07) is 2.53. The molecule has 52 heavy (non-hydrogen) atoms. The lowest BCUT2D eigenvalue weighted by Crippen LogP contribution is -2.37. The molecule has 20 nitrogen and oxygen atoms in total. The first-order valence-electron chi connectivity index (χ1n) is 17.2. The summed E-state index contributed by atoms with van der Waals surface area (Å²) in [5.74, 6) is -1.75. The van der Waals surface area contributed by atoms with E-state index in [2.05, 4.69) is 30.6 Å². The highest BCUT2D eigenvalue weighted by Gasteiger charge is 2.57. The number of unbranched alkanes of at least 4 members (excludes halogenated alkanes) is 1. The molecule has 4 fully saturated rings. The second-order valence-corrected chi connectivity index (χ2v) is 14.4. The maximum atomic E-state index is 12.5. The van der Waals surface area contributed by atoms with E-state index in [0.717, 1.165) is 24.2 Å². The van der Waals surface area contributed by atoms with E-state index in [-0.39, 0.29) is 0 Å². The molecule has 8 heterocycles. The second kappa shape index (κ2) is 13.1. The van der Waals surface area contributed by atoms with Gasteiger partial charge in [0.15, 0.2) is 24.0 Å². The van der Waals surface area contributed by atoms with Gasteiger partial charge in [-0.3, -0.25) is 28.7 Å². The Labute approximate surface area is 294 Å². The molecule has 4 aromatic rings. The predicted molar refractivity (Wildman–Crippen MR) is 175 cm³/mol. The average molecular weight is 725 g/mol. The summed E-state index contributed by atoms with van der Waals surface area (Å²) in [5.41, 5.74) is -0.533. The van der Waals surface area contributed by atoms with E-state index in [0.29, 0.717) is 25.9 Å². The van der Waals surface area contributed by atoms with Crippen LogP contribution in [0.4, 0.5) is 0 Å². The molecule has 0 unspecified atom stereocenters. The van der Waals surface area contributed by atoms with Crippen LogP contribution in [0, 0.1) is 0 Å². The molecule has 4 aromatic heterocycles. The first kappa shape index (κ1) is 34.5. The standard InChI is InChI=1S/C32H40N10O10/c1-31(2)49-23-19(47-27(25(23)51-31)41-11-9-21(43)33-29(41)45)15-39-13-17(35-37-39)7-5-6-8-18-14-40(38-36-18)16-20-24-26(52-32(3,4)50-24)28(48-20)42-12-10-22(44)34-30(42)46/h9-14,19-20,23-28H,5-8,15-16H2,1-4H3,(H,33,43,45)(H,34,44,46)/t19-,20-,23-,24-,25-,26-,27-,28-/m1/s1. The maximum absolute atomic E-state index is 12.5. The van der Waals surface area contributed by atoms with Gasteiger partial charge >= 0.3 is 11.4 Å². The fraction of sp³-hybridized carbons (Fsp3) is 0.625. The lowest BCUT2D eigenvalue weighted by atomic mass is 10.1. The smallest absolute Gasteiger partial charge is 0.330 e. The summed E-state index contributed by atoms with van der Waals surface area (Å²) in [6.45, 7) is 7.88. The van der Waals surface area contributed by atoms with Gasteiger partial charge in [0.1, 0.15) is 36.6 Å². The van der Waals surface area contributed by atoms with Gasteiger partial charge in [-0.05, 0) is 53.4 Å². The van der Waals surface area contributed by atoms with Gasteiger partial charge in [-0.2, -0.15) is 0 Å². The lowest BCUT2D eigenvalue weighted by Gasteiger charge is -2.24. The Bertz CT molecular complexity index is 2010. The van der Waals surface area contributed by atoms with Crippen molar-refractivity contribution in [1.29, 1.82) is 0 Å². The SMILES string of the molecule is CC1(C)O[C@@H]2[C@H](O1)[C@@H](Cn1cc(CCCCc3cn(C[C@H]4O[C@@H](n5ccc(=O)[nH]c5=O)[C@@H]5OC(C)(C)O[C@@H]54)nn3)nn1)O[C@H]2n1ccc(=O)[nH]c1=O. The molecule has 0 aliphatic carbocycles. The molecule has 8 atom stereocenters. The first-order chi connectivity index (χ1) is 24.8. The largest absolute Gasteiger partial charge is 0.347 e. The zero-order chi connectivity index (χ0) is 36.4. The molecule has 2 N–H and O–H groups in total. The van der Waals surface area contributed by atoms with Gasteiger partial charge in [0.05, 0.1) is 24.5 Å². The number of nitrogens with zero attached hydrogens (tertiary/aromatic N) is 8. The molecule has 20 heteroatoms. The third kappa shape index (κ3) is 6.84.